The average molecular weight is 281 g/mol. The molecule has 106 valence electrons. The Hall–Kier alpha value is -1.83. The van der Waals surface area contributed by atoms with Crippen LogP contribution in [0.25, 0.3) is 0 Å². The van der Waals surface area contributed by atoms with Crippen LogP contribution in [0.3, 0.4) is 0 Å². The number of esters is 1. The number of aromatic hydroxyl groups is 1. The Morgan fingerprint density at radius 3 is 2.53 bits per heavy atom. The van der Waals surface area contributed by atoms with Gasteiger partial charge in [-0.1, -0.05) is 0 Å². The van der Waals surface area contributed by atoms with Crippen molar-refractivity contribution in [1.82, 2.24) is 0 Å². The van der Waals surface area contributed by atoms with Crippen LogP contribution in [0.1, 0.15) is 23.6 Å². The van der Waals surface area contributed by atoms with Gasteiger partial charge in [-0.05, 0) is 12.1 Å². The van der Waals surface area contributed by atoms with Gasteiger partial charge in [0.2, 0.25) is 0 Å². The van der Waals surface area contributed by atoms with Crippen LogP contribution in [0.2, 0.25) is 0 Å². The van der Waals surface area contributed by atoms with Crippen molar-refractivity contribution in [2.45, 2.75) is 18.6 Å². The highest BCUT2D eigenvalue weighted by atomic mass is 19.4. The second-order valence-electron chi connectivity index (χ2n) is 3.74. The van der Waals surface area contributed by atoms with Crippen molar-refractivity contribution >= 4 is 5.97 Å². The van der Waals surface area contributed by atoms with Crippen molar-refractivity contribution in [3.8, 4) is 5.75 Å². The number of benzene rings is 1. The van der Waals surface area contributed by atoms with Gasteiger partial charge in [0, 0.05) is 11.6 Å². The van der Waals surface area contributed by atoms with Crippen LogP contribution in [-0.4, -0.2) is 18.2 Å². The second kappa shape index (κ2) is 5.43. The highest BCUT2D eigenvalue weighted by Gasteiger charge is 2.37. The van der Waals surface area contributed by atoms with E-state index in [9.17, 15) is 27.5 Å². The molecule has 0 bridgehead atoms. The van der Waals surface area contributed by atoms with Crippen LogP contribution in [0.15, 0.2) is 12.1 Å². The van der Waals surface area contributed by atoms with E-state index >= 15 is 0 Å². The fraction of sp³-hybridized carbons (Fsp3) is 0.364. The van der Waals surface area contributed by atoms with E-state index in [1.54, 1.807) is 0 Å². The maximum atomic E-state index is 13.1. The lowest BCUT2D eigenvalue weighted by Crippen LogP contribution is -2.21. The molecule has 4 nitrogen and oxygen atoms in total. The van der Waals surface area contributed by atoms with E-state index in [4.69, 9.17) is 5.73 Å². The van der Waals surface area contributed by atoms with Crippen LogP contribution in [0, 0.1) is 5.82 Å². The van der Waals surface area contributed by atoms with E-state index in [1.807, 2.05) is 0 Å². The van der Waals surface area contributed by atoms with Gasteiger partial charge in [-0.25, -0.2) is 4.39 Å². The predicted molar refractivity (Wildman–Crippen MR) is 56.6 cm³/mol. The van der Waals surface area contributed by atoms with Gasteiger partial charge in [0.25, 0.3) is 0 Å². The van der Waals surface area contributed by atoms with Crippen molar-refractivity contribution < 1.29 is 32.2 Å². The van der Waals surface area contributed by atoms with Gasteiger partial charge < -0.3 is 15.6 Å². The molecule has 0 aliphatic carbocycles. The van der Waals surface area contributed by atoms with Gasteiger partial charge in [0.1, 0.15) is 0 Å². The molecule has 0 saturated carbocycles. The molecule has 8 heteroatoms. The molecule has 0 amide bonds. The minimum Gasteiger partial charge on any atom is -0.505 e. The Bertz CT molecular complexity index is 488. The zero-order chi connectivity index (χ0) is 14.8. The molecule has 1 aromatic carbocycles. The van der Waals surface area contributed by atoms with Crippen molar-refractivity contribution in [3.63, 3.8) is 0 Å². The van der Waals surface area contributed by atoms with E-state index in [1.165, 1.54) is 0 Å². The average Bonchev–Trinajstić information content (AvgIpc) is 2.30. The molecule has 0 saturated heterocycles. The summed E-state index contributed by atoms with van der Waals surface area (Å²) in [4.78, 5) is 11.0. The molecular weight excluding hydrogens is 270 g/mol. The molecule has 0 radical (unpaired) electrons. The maximum absolute atomic E-state index is 13.1. The normalized spacial score (nSPS) is 13.2. The van der Waals surface area contributed by atoms with E-state index in [0.29, 0.717) is 12.1 Å². The summed E-state index contributed by atoms with van der Waals surface area (Å²) in [7, 11) is 1.03. The molecule has 3 N–H and O–H groups in total. The zero-order valence-electron chi connectivity index (χ0n) is 9.79. The number of halogens is 4. The maximum Gasteiger partial charge on any atom is 0.416 e. The van der Waals surface area contributed by atoms with Crippen LogP contribution in [0.5, 0.6) is 5.75 Å². The van der Waals surface area contributed by atoms with Gasteiger partial charge in [-0.2, -0.15) is 13.2 Å². The van der Waals surface area contributed by atoms with Gasteiger partial charge >= 0.3 is 12.1 Å². The van der Waals surface area contributed by atoms with Gasteiger partial charge in [-0.3, -0.25) is 4.79 Å². The highest BCUT2D eigenvalue weighted by molar-refractivity contribution is 5.70. The molecule has 0 heterocycles. The van der Waals surface area contributed by atoms with Crippen LogP contribution in [-0.2, 0) is 15.7 Å². The number of carbonyl (C=O) groups is 1. The summed E-state index contributed by atoms with van der Waals surface area (Å²) in [6.45, 7) is 0. The lowest BCUT2D eigenvalue weighted by atomic mass is 9.96. The Morgan fingerprint density at radius 2 is 2.05 bits per heavy atom. The first-order chi connectivity index (χ1) is 8.68. The van der Waals surface area contributed by atoms with E-state index in [0.717, 1.165) is 7.11 Å². The van der Waals surface area contributed by atoms with E-state index < -0.39 is 47.3 Å². The molecule has 1 aromatic rings. The number of alkyl halides is 3. The Kier molecular flexibility index (Phi) is 4.35. The predicted octanol–water partition coefficient (Wildman–Crippen LogP) is 2.11. The number of nitrogens with two attached hydrogens (primary N) is 1. The van der Waals surface area contributed by atoms with Gasteiger partial charge in [-0.15, -0.1) is 0 Å². The van der Waals surface area contributed by atoms with Gasteiger partial charge in [0.05, 0.1) is 19.1 Å². The molecule has 1 atom stereocenters. The molecule has 0 spiro atoms. The summed E-state index contributed by atoms with van der Waals surface area (Å²) in [6.07, 6.45) is -5.44. The Balaban J connectivity index is 3.30. The summed E-state index contributed by atoms with van der Waals surface area (Å²) in [5.74, 6) is -3.33. The lowest BCUT2D eigenvalue weighted by molar-refractivity contribution is -0.142. The van der Waals surface area contributed by atoms with Crippen LogP contribution < -0.4 is 5.73 Å². The number of ether oxygens (including phenoxy) is 1. The SMILES string of the molecule is COC(=O)C[C@H](N)c1c(C(F)(F)F)ccc(F)c1O. The van der Waals surface area contributed by atoms with E-state index in [2.05, 4.69) is 4.74 Å². The monoisotopic (exact) mass is 281 g/mol. The summed E-state index contributed by atoms with van der Waals surface area (Å²) in [6, 6.07) is -0.589. The first kappa shape index (κ1) is 15.2. The highest BCUT2D eigenvalue weighted by Crippen LogP contribution is 2.40. The summed E-state index contributed by atoms with van der Waals surface area (Å²) >= 11 is 0. The number of phenols is 1. The largest absolute Gasteiger partial charge is 0.505 e. The molecule has 0 aliphatic rings. The minimum atomic E-state index is -4.83. The molecule has 19 heavy (non-hydrogen) atoms. The van der Waals surface area contributed by atoms with Crippen molar-refractivity contribution in [1.29, 1.82) is 0 Å². The lowest BCUT2D eigenvalue weighted by Gasteiger charge is -2.19. The number of rotatable bonds is 3. The fourth-order valence-corrected chi connectivity index (χ4v) is 1.57. The van der Waals surface area contributed by atoms with Crippen molar-refractivity contribution in [3.05, 3.63) is 29.1 Å². The number of carbonyl (C=O) groups excluding carboxylic acids is 1. The third-order valence-electron chi connectivity index (χ3n) is 2.46. The first-order valence-corrected chi connectivity index (χ1v) is 5.09. The quantitative estimate of drug-likeness (QED) is 0.657. The van der Waals surface area contributed by atoms with Crippen LogP contribution >= 0.6 is 0 Å². The summed E-state index contributed by atoms with van der Waals surface area (Å²) in [5, 5.41) is 9.39. The van der Waals surface area contributed by atoms with Crippen molar-refractivity contribution in [2.75, 3.05) is 7.11 Å². The second-order valence-corrected chi connectivity index (χ2v) is 3.74. The van der Waals surface area contributed by atoms with Crippen LogP contribution in [0.4, 0.5) is 17.6 Å². The Labute approximate surface area is 105 Å². The standard InChI is InChI=1S/C11H11F4NO3/c1-19-8(17)4-7(16)9-5(11(13,14)15)2-3-6(12)10(9)18/h2-3,7,18H,4,16H2,1H3/t7-/m0/s1. The van der Waals surface area contributed by atoms with E-state index in [-0.39, 0.29) is 0 Å². The Morgan fingerprint density at radius 1 is 1.47 bits per heavy atom. The smallest absolute Gasteiger partial charge is 0.416 e. The first-order valence-electron chi connectivity index (χ1n) is 5.09. The fourth-order valence-electron chi connectivity index (χ4n) is 1.57. The van der Waals surface area contributed by atoms with Gasteiger partial charge in [0.15, 0.2) is 11.6 Å². The minimum absolute atomic E-state index is 0.460. The number of phenolic OH excluding ortho intramolecular Hbond substituents is 1. The number of methoxy groups -OCH3 is 1. The molecule has 0 unspecified atom stereocenters. The molecule has 0 fully saturated rings. The summed E-state index contributed by atoms with van der Waals surface area (Å²) < 4.78 is 55.6. The topological polar surface area (TPSA) is 72.5 Å². The zero-order valence-corrected chi connectivity index (χ0v) is 9.79. The third kappa shape index (κ3) is 3.34. The van der Waals surface area contributed by atoms with Crippen molar-refractivity contribution in [2.24, 2.45) is 5.73 Å². The third-order valence-corrected chi connectivity index (χ3v) is 2.46. The number of hydrogen-bond donors (Lipinski definition) is 2. The molecular formula is C11H11F4NO3. The molecule has 0 aliphatic heterocycles. The number of hydrogen-bond acceptors (Lipinski definition) is 4. The molecule has 0 aromatic heterocycles. The molecule has 1 rings (SSSR count). The summed E-state index contributed by atoms with van der Waals surface area (Å²) in [5.41, 5.74) is 3.26.